The van der Waals surface area contributed by atoms with Crippen molar-refractivity contribution in [2.45, 2.75) is 33.6 Å². The van der Waals surface area contributed by atoms with Crippen molar-refractivity contribution in [3.63, 3.8) is 0 Å². The highest BCUT2D eigenvalue weighted by molar-refractivity contribution is 6.06. The number of benzene rings is 1. The summed E-state index contributed by atoms with van der Waals surface area (Å²) in [4.78, 5) is 18.2. The normalized spacial score (nSPS) is 10.8. The first kappa shape index (κ1) is 15.2. The van der Waals surface area contributed by atoms with Gasteiger partial charge in [0.05, 0.1) is 0 Å². The minimum atomic E-state index is -0.0131. The Labute approximate surface area is 126 Å². The maximum atomic E-state index is 12.6. The van der Waals surface area contributed by atoms with Gasteiger partial charge in [-0.15, -0.1) is 0 Å². The molecule has 3 nitrogen and oxygen atoms in total. The van der Waals surface area contributed by atoms with Crippen LogP contribution < -0.4 is 4.90 Å². The number of nitrogens with zero attached hydrogens (tertiary/aromatic N) is 2. The topological polar surface area (TPSA) is 33.2 Å². The summed E-state index contributed by atoms with van der Waals surface area (Å²) in [6.45, 7) is 8.48. The highest BCUT2D eigenvalue weighted by atomic mass is 16.2. The zero-order valence-corrected chi connectivity index (χ0v) is 13.3. The monoisotopic (exact) mass is 282 g/mol. The molecule has 1 aromatic heterocycles. The van der Waals surface area contributed by atoms with Gasteiger partial charge in [-0.25, -0.2) is 0 Å². The van der Waals surface area contributed by atoms with E-state index in [9.17, 15) is 4.79 Å². The van der Waals surface area contributed by atoms with Gasteiger partial charge in [-0.1, -0.05) is 26.0 Å². The summed E-state index contributed by atoms with van der Waals surface area (Å²) in [6, 6.07) is 7.82. The van der Waals surface area contributed by atoms with Crippen molar-refractivity contribution in [3.8, 4) is 0 Å². The number of aromatic nitrogens is 1. The van der Waals surface area contributed by atoms with E-state index in [1.54, 1.807) is 29.4 Å². The lowest BCUT2D eigenvalue weighted by Gasteiger charge is -2.23. The average Bonchev–Trinajstić information content (AvgIpc) is 2.46. The third-order valence-electron chi connectivity index (χ3n) is 3.75. The molecule has 21 heavy (non-hydrogen) atoms. The van der Waals surface area contributed by atoms with Gasteiger partial charge < -0.3 is 4.90 Å². The van der Waals surface area contributed by atoms with Gasteiger partial charge in [0.25, 0.3) is 5.91 Å². The average molecular weight is 282 g/mol. The molecule has 1 aromatic carbocycles. The van der Waals surface area contributed by atoms with Crippen LogP contribution in [0.25, 0.3) is 0 Å². The number of hydrogen-bond acceptors (Lipinski definition) is 2. The molecule has 0 bridgehead atoms. The Morgan fingerprint density at radius 3 is 2.10 bits per heavy atom. The van der Waals surface area contributed by atoms with Gasteiger partial charge in [-0.2, -0.15) is 0 Å². The summed E-state index contributed by atoms with van der Waals surface area (Å²) in [6.07, 6.45) is 3.28. The van der Waals surface area contributed by atoms with Crippen molar-refractivity contribution < 1.29 is 4.79 Å². The number of carbonyl (C=O) groups excluding carboxylic acids is 1. The van der Waals surface area contributed by atoms with Crippen molar-refractivity contribution in [3.05, 3.63) is 58.9 Å². The first-order valence-electron chi connectivity index (χ1n) is 7.21. The lowest BCUT2D eigenvalue weighted by Crippen LogP contribution is -2.27. The van der Waals surface area contributed by atoms with Gasteiger partial charge in [-0.3, -0.25) is 9.78 Å². The van der Waals surface area contributed by atoms with E-state index >= 15 is 0 Å². The molecular weight excluding hydrogens is 260 g/mol. The molecule has 110 valence electrons. The van der Waals surface area contributed by atoms with E-state index in [0.717, 1.165) is 16.8 Å². The lowest BCUT2D eigenvalue weighted by atomic mass is 9.96. The second kappa shape index (κ2) is 6.08. The summed E-state index contributed by atoms with van der Waals surface area (Å²) >= 11 is 0. The van der Waals surface area contributed by atoms with Gasteiger partial charge in [0.1, 0.15) is 0 Å². The number of carbonyl (C=O) groups is 1. The lowest BCUT2D eigenvalue weighted by molar-refractivity contribution is 0.0992. The first-order chi connectivity index (χ1) is 9.91. The molecule has 3 heteroatoms. The van der Waals surface area contributed by atoms with Gasteiger partial charge >= 0.3 is 0 Å². The number of rotatable bonds is 3. The Morgan fingerprint density at radius 2 is 1.62 bits per heavy atom. The van der Waals surface area contributed by atoms with Crippen molar-refractivity contribution in [1.82, 2.24) is 4.98 Å². The van der Waals surface area contributed by atoms with Crippen LogP contribution in [-0.4, -0.2) is 17.9 Å². The second-order valence-electron chi connectivity index (χ2n) is 5.76. The molecule has 0 unspecified atom stereocenters. The smallest absolute Gasteiger partial charge is 0.258 e. The van der Waals surface area contributed by atoms with Crippen molar-refractivity contribution in [2.24, 2.45) is 0 Å². The van der Waals surface area contributed by atoms with Crippen LogP contribution in [0.15, 0.2) is 36.7 Å². The highest BCUT2D eigenvalue weighted by Gasteiger charge is 2.18. The standard InChI is InChI=1S/C18H22N2O/c1-12(2)16-10-13(3)17(14(4)11-16)20(5)18(21)15-6-8-19-9-7-15/h6-12H,1-5H3. The van der Waals surface area contributed by atoms with Crippen molar-refractivity contribution in [2.75, 3.05) is 11.9 Å². The van der Waals surface area contributed by atoms with Crippen LogP contribution in [-0.2, 0) is 0 Å². The summed E-state index contributed by atoms with van der Waals surface area (Å²) < 4.78 is 0. The molecule has 0 N–H and O–H groups in total. The number of amides is 1. The molecule has 0 radical (unpaired) electrons. The maximum absolute atomic E-state index is 12.6. The number of aryl methyl sites for hydroxylation is 2. The molecule has 0 aliphatic heterocycles. The van der Waals surface area contributed by atoms with E-state index in [1.807, 2.05) is 7.05 Å². The maximum Gasteiger partial charge on any atom is 0.258 e. The SMILES string of the molecule is Cc1cc(C(C)C)cc(C)c1N(C)C(=O)c1ccncc1. The largest absolute Gasteiger partial charge is 0.311 e. The predicted molar refractivity (Wildman–Crippen MR) is 87.0 cm³/mol. The quantitative estimate of drug-likeness (QED) is 0.849. The molecule has 0 aliphatic carbocycles. The Balaban J connectivity index is 2.40. The summed E-state index contributed by atoms with van der Waals surface area (Å²) in [7, 11) is 1.83. The fourth-order valence-corrected chi connectivity index (χ4v) is 2.64. The summed E-state index contributed by atoms with van der Waals surface area (Å²) in [5, 5.41) is 0. The van der Waals surface area contributed by atoms with E-state index in [1.165, 1.54) is 5.56 Å². The second-order valence-corrected chi connectivity index (χ2v) is 5.76. The van der Waals surface area contributed by atoms with E-state index in [-0.39, 0.29) is 5.91 Å². The minimum Gasteiger partial charge on any atom is -0.311 e. The van der Waals surface area contributed by atoms with Gasteiger partial charge in [-0.05, 0) is 48.6 Å². The third kappa shape index (κ3) is 3.13. The Kier molecular flexibility index (Phi) is 4.41. The molecule has 2 aromatic rings. The van der Waals surface area contributed by atoms with Gasteiger partial charge in [0.15, 0.2) is 0 Å². The molecule has 0 aliphatic rings. The van der Waals surface area contributed by atoms with Crippen LogP contribution in [0, 0.1) is 13.8 Å². The molecule has 1 heterocycles. The van der Waals surface area contributed by atoms with E-state index in [0.29, 0.717) is 11.5 Å². The van der Waals surface area contributed by atoms with E-state index < -0.39 is 0 Å². The van der Waals surface area contributed by atoms with Gasteiger partial charge in [0, 0.05) is 30.7 Å². The summed E-state index contributed by atoms with van der Waals surface area (Å²) in [5.74, 6) is 0.471. The predicted octanol–water partition coefficient (Wildman–Crippen LogP) is 4.10. The number of pyridine rings is 1. The molecular formula is C18H22N2O. The van der Waals surface area contributed by atoms with Crippen LogP contribution >= 0.6 is 0 Å². The molecule has 0 fully saturated rings. The van der Waals surface area contributed by atoms with Gasteiger partial charge in [0.2, 0.25) is 0 Å². The molecule has 0 atom stereocenters. The molecule has 0 saturated heterocycles. The van der Waals surface area contributed by atoms with Crippen LogP contribution in [0.4, 0.5) is 5.69 Å². The molecule has 0 saturated carbocycles. The van der Waals surface area contributed by atoms with Crippen molar-refractivity contribution >= 4 is 11.6 Å². The fraction of sp³-hybridized carbons (Fsp3) is 0.333. The van der Waals surface area contributed by atoms with Crippen LogP contribution in [0.5, 0.6) is 0 Å². The fourth-order valence-electron chi connectivity index (χ4n) is 2.64. The minimum absolute atomic E-state index is 0.0131. The highest BCUT2D eigenvalue weighted by Crippen LogP contribution is 2.29. The first-order valence-corrected chi connectivity index (χ1v) is 7.21. The van der Waals surface area contributed by atoms with Crippen molar-refractivity contribution in [1.29, 1.82) is 0 Å². The van der Waals surface area contributed by atoms with Crippen LogP contribution in [0.1, 0.15) is 46.8 Å². The molecule has 0 spiro atoms. The Bertz CT molecular complexity index is 625. The van der Waals surface area contributed by atoms with Crippen LogP contribution in [0.2, 0.25) is 0 Å². The number of hydrogen-bond donors (Lipinski definition) is 0. The summed E-state index contributed by atoms with van der Waals surface area (Å²) in [5.41, 5.74) is 5.20. The van der Waals surface area contributed by atoms with E-state index in [4.69, 9.17) is 0 Å². The third-order valence-corrected chi connectivity index (χ3v) is 3.75. The number of anilines is 1. The molecule has 2 rings (SSSR count). The van der Waals surface area contributed by atoms with Crippen LogP contribution in [0.3, 0.4) is 0 Å². The zero-order chi connectivity index (χ0) is 15.6. The molecule has 1 amide bonds. The van der Waals surface area contributed by atoms with E-state index in [2.05, 4.69) is 44.8 Å². The Hall–Kier alpha value is -2.16. The Morgan fingerprint density at radius 1 is 1.10 bits per heavy atom. The zero-order valence-electron chi connectivity index (χ0n) is 13.3.